The van der Waals surface area contributed by atoms with Gasteiger partial charge in [0.2, 0.25) is 0 Å². The molecule has 0 aromatic heterocycles. The van der Waals surface area contributed by atoms with E-state index in [1.54, 1.807) is 0 Å². The summed E-state index contributed by atoms with van der Waals surface area (Å²) in [5.41, 5.74) is 0. The molecule has 0 amide bonds. The smallest absolute Gasteiger partial charge is 0.104 e. The second-order valence-corrected chi connectivity index (χ2v) is 2.66. The van der Waals surface area contributed by atoms with Crippen molar-refractivity contribution in [3.63, 3.8) is 0 Å². The second kappa shape index (κ2) is 2.12. The zero-order chi connectivity index (χ0) is 5.28. The van der Waals surface area contributed by atoms with Gasteiger partial charge in [0, 0.05) is 5.33 Å². The minimum atomic E-state index is -0.501. The minimum absolute atomic E-state index is 0.333. The maximum absolute atomic E-state index is 12.2. The Balaban J connectivity index is 2.16. The van der Waals surface area contributed by atoms with Gasteiger partial charge in [-0.05, 0) is 18.8 Å². The number of halogens is 2. The van der Waals surface area contributed by atoms with E-state index in [1.807, 2.05) is 0 Å². The third-order valence-corrected chi connectivity index (χ3v) is 2.35. The second-order valence-electron chi connectivity index (χ2n) is 2.01. The monoisotopic (exact) mass is 166 g/mol. The van der Waals surface area contributed by atoms with Crippen molar-refractivity contribution in [2.75, 3.05) is 5.33 Å². The number of rotatable bonds is 1. The summed E-state index contributed by atoms with van der Waals surface area (Å²) in [7, 11) is 0. The van der Waals surface area contributed by atoms with E-state index in [0.29, 0.717) is 5.92 Å². The molecule has 0 bridgehead atoms. The maximum atomic E-state index is 12.2. The predicted octanol–water partition coefficient (Wildman–Crippen LogP) is 2.13. The van der Waals surface area contributed by atoms with Crippen molar-refractivity contribution in [1.29, 1.82) is 0 Å². The van der Waals surface area contributed by atoms with Crippen LogP contribution in [0.3, 0.4) is 0 Å². The van der Waals surface area contributed by atoms with Crippen LogP contribution in [0.1, 0.15) is 12.8 Å². The van der Waals surface area contributed by atoms with Crippen LogP contribution >= 0.6 is 15.9 Å². The Bertz CT molecular complexity index is 63.1. The molecule has 2 unspecified atom stereocenters. The molecule has 1 rings (SSSR count). The molecule has 0 nitrogen and oxygen atoms in total. The normalized spacial score (nSPS) is 40.3. The first kappa shape index (κ1) is 5.54. The Labute approximate surface area is 51.2 Å². The highest BCUT2D eigenvalue weighted by Crippen LogP contribution is 2.31. The van der Waals surface area contributed by atoms with Gasteiger partial charge in [0.05, 0.1) is 0 Å². The molecule has 42 valence electrons. The lowest BCUT2D eigenvalue weighted by atomic mass is 9.85. The van der Waals surface area contributed by atoms with Gasteiger partial charge >= 0.3 is 0 Å². The Morgan fingerprint density at radius 1 is 1.57 bits per heavy atom. The molecule has 0 aromatic carbocycles. The average Bonchev–Trinajstić information content (AvgIpc) is 1.65. The molecule has 0 heterocycles. The molecule has 1 aliphatic rings. The fourth-order valence-electron chi connectivity index (χ4n) is 0.702. The van der Waals surface area contributed by atoms with Crippen molar-refractivity contribution < 1.29 is 4.39 Å². The molecule has 0 aromatic rings. The first-order valence-electron chi connectivity index (χ1n) is 2.54. The third kappa shape index (κ3) is 0.958. The van der Waals surface area contributed by atoms with E-state index in [2.05, 4.69) is 15.9 Å². The Kier molecular flexibility index (Phi) is 1.68. The standard InChI is InChI=1S/C5H8BrF/c6-3-4-1-2-5(4)7/h4-5H,1-3H2. The van der Waals surface area contributed by atoms with Gasteiger partial charge in [0.15, 0.2) is 0 Å². The van der Waals surface area contributed by atoms with Crippen molar-refractivity contribution in [1.82, 2.24) is 0 Å². The van der Waals surface area contributed by atoms with Crippen LogP contribution in [0, 0.1) is 5.92 Å². The quantitative estimate of drug-likeness (QED) is 0.524. The van der Waals surface area contributed by atoms with Gasteiger partial charge in [-0.1, -0.05) is 15.9 Å². The summed E-state index contributed by atoms with van der Waals surface area (Å²) in [4.78, 5) is 0. The summed E-state index contributed by atoms with van der Waals surface area (Å²) >= 11 is 3.23. The number of alkyl halides is 2. The van der Waals surface area contributed by atoms with Crippen molar-refractivity contribution in [3.8, 4) is 0 Å². The van der Waals surface area contributed by atoms with Crippen LogP contribution in [0.15, 0.2) is 0 Å². The fourth-order valence-corrected chi connectivity index (χ4v) is 1.43. The zero-order valence-electron chi connectivity index (χ0n) is 4.03. The highest BCUT2D eigenvalue weighted by Gasteiger charge is 2.28. The molecule has 1 aliphatic carbocycles. The molecule has 0 saturated heterocycles. The average molecular weight is 167 g/mol. The highest BCUT2D eigenvalue weighted by atomic mass is 79.9. The number of hydrogen-bond donors (Lipinski definition) is 0. The molecular formula is C5H8BrF. The lowest BCUT2D eigenvalue weighted by molar-refractivity contribution is 0.132. The van der Waals surface area contributed by atoms with E-state index < -0.39 is 6.17 Å². The van der Waals surface area contributed by atoms with Crippen LogP contribution in [-0.2, 0) is 0 Å². The molecular weight excluding hydrogens is 159 g/mol. The molecule has 0 N–H and O–H groups in total. The van der Waals surface area contributed by atoms with Crippen LogP contribution in [-0.4, -0.2) is 11.5 Å². The predicted molar refractivity (Wildman–Crippen MR) is 31.4 cm³/mol. The summed E-state index contributed by atoms with van der Waals surface area (Å²) in [6, 6.07) is 0. The first-order valence-corrected chi connectivity index (χ1v) is 3.67. The van der Waals surface area contributed by atoms with Crippen molar-refractivity contribution in [2.24, 2.45) is 5.92 Å². The van der Waals surface area contributed by atoms with E-state index >= 15 is 0 Å². The lowest BCUT2D eigenvalue weighted by Gasteiger charge is -2.27. The summed E-state index contributed by atoms with van der Waals surface area (Å²) in [5, 5.41) is 0.841. The summed E-state index contributed by atoms with van der Waals surface area (Å²) in [6.45, 7) is 0. The summed E-state index contributed by atoms with van der Waals surface area (Å²) in [5.74, 6) is 0.333. The number of hydrogen-bond acceptors (Lipinski definition) is 0. The molecule has 7 heavy (non-hydrogen) atoms. The van der Waals surface area contributed by atoms with Crippen LogP contribution in [0.5, 0.6) is 0 Å². The van der Waals surface area contributed by atoms with Gasteiger partial charge in [0.25, 0.3) is 0 Å². The Morgan fingerprint density at radius 2 is 2.29 bits per heavy atom. The van der Waals surface area contributed by atoms with Crippen molar-refractivity contribution in [2.45, 2.75) is 19.0 Å². The fraction of sp³-hybridized carbons (Fsp3) is 1.00. The van der Waals surface area contributed by atoms with Gasteiger partial charge in [-0.3, -0.25) is 0 Å². The van der Waals surface area contributed by atoms with Gasteiger partial charge in [-0.2, -0.15) is 0 Å². The highest BCUT2D eigenvalue weighted by molar-refractivity contribution is 9.09. The first-order chi connectivity index (χ1) is 3.34. The van der Waals surface area contributed by atoms with Crippen LogP contribution in [0.2, 0.25) is 0 Å². The molecule has 1 fully saturated rings. The molecule has 0 aliphatic heterocycles. The van der Waals surface area contributed by atoms with Gasteiger partial charge in [0.1, 0.15) is 6.17 Å². The van der Waals surface area contributed by atoms with Crippen molar-refractivity contribution >= 4 is 15.9 Å². The Hall–Kier alpha value is 0.410. The molecule has 1 saturated carbocycles. The van der Waals surface area contributed by atoms with Crippen LogP contribution < -0.4 is 0 Å². The lowest BCUT2D eigenvalue weighted by Crippen LogP contribution is -2.28. The molecule has 0 radical (unpaired) electrons. The SMILES string of the molecule is FC1CCC1CBr. The van der Waals surface area contributed by atoms with Crippen LogP contribution in [0.25, 0.3) is 0 Å². The largest absolute Gasteiger partial charge is 0.247 e. The zero-order valence-corrected chi connectivity index (χ0v) is 5.62. The summed E-state index contributed by atoms with van der Waals surface area (Å²) in [6.07, 6.45) is 1.36. The maximum Gasteiger partial charge on any atom is 0.104 e. The van der Waals surface area contributed by atoms with E-state index in [-0.39, 0.29) is 0 Å². The third-order valence-electron chi connectivity index (χ3n) is 1.52. The summed E-state index contributed by atoms with van der Waals surface area (Å²) < 4.78 is 12.2. The minimum Gasteiger partial charge on any atom is -0.247 e. The Morgan fingerprint density at radius 3 is 2.29 bits per heavy atom. The molecule has 2 heteroatoms. The van der Waals surface area contributed by atoms with Gasteiger partial charge < -0.3 is 0 Å². The van der Waals surface area contributed by atoms with E-state index in [1.165, 1.54) is 0 Å². The van der Waals surface area contributed by atoms with E-state index in [0.717, 1.165) is 18.2 Å². The topological polar surface area (TPSA) is 0 Å². The van der Waals surface area contributed by atoms with E-state index in [9.17, 15) is 4.39 Å². The van der Waals surface area contributed by atoms with Gasteiger partial charge in [-0.25, -0.2) is 4.39 Å². The molecule has 0 spiro atoms. The van der Waals surface area contributed by atoms with Gasteiger partial charge in [-0.15, -0.1) is 0 Å². The van der Waals surface area contributed by atoms with Crippen LogP contribution in [0.4, 0.5) is 4.39 Å². The van der Waals surface area contributed by atoms with Crippen molar-refractivity contribution in [3.05, 3.63) is 0 Å². The molecule has 2 atom stereocenters. The van der Waals surface area contributed by atoms with E-state index in [4.69, 9.17) is 0 Å².